The summed E-state index contributed by atoms with van der Waals surface area (Å²) < 4.78 is 5.41. The van der Waals surface area contributed by atoms with Gasteiger partial charge in [0.25, 0.3) is 0 Å². The summed E-state index contributed by atoms with van der Waals surface area (Å²) >= 11 is 0. The molecular formula is C13H25NO. The highest BCUT2D eigenvalue weighted by molar-refractivity contribution is 4.85. The molecule has 0 saturated heterocycles. The van der Waals surface area contributed by atoms with Gasteiger partial charge in [0.2, 0.25) is 0 Å². The van der Waals surface area contributed by atoms with E-state index in [-0.39, 0.29) is 0 Å². The van der Waals surface area contributed by atoms with Crippen molar-refractivity contribution >= 4 is 0 Å². The third-order valence-electron chi connectivity index (χ3n) is 4.13. The number of hydrogen-bond donors (Lipinski definition) is 1. The summed E-state index contributed by atoms with van der Waals surface area (Å²) in [6, 6.07) is 1.51. The van der Waals surface area contributed by atoms with Gasteiger partial charge in [0, 0.05) is 19.2 Å². The average molecular weight is 211 g/mol. The molecule has 0 spiro atoms. The van der Waals surface area contributed by atoms with Crippen LogP contribution in [0.1, 0.15) is 51.9 Å². The first kappa shape index (κ1) is 11.4. The molecule has 2 fully saturated rings. The van der Waals surface area contributed by atoms with Gasteiger partial charge in [-0.05, 0) is 38.0 Å². The lowest BCUT2D eigenvalue weighted by Crippen LogP contribution is -2.39. The van der Waals surface area contributed by atoms with Crippen LogP contribution in [0.4, 0.5) is 0 Å². The van der Waals surface area contributed by atoms with Gasteiger partial charge in [-0.2, -0.15) is 0 Å². The Labute approximate surface area is 93.8 Å². The SMILES string of the molecule is COC1CCC(NC2CCCC(C)C2)C1. The van der Waals surface area contributed by atoms with E-state index in [2.05, 4.69) is 12.2 Å². The van der Waals surface area contributed by atoms with E-state index in [4.69, 9.17) is 4.74 Å². The number of ether oxygens (including phenoxy) is 1. The summed E-state index contributed by atoms with van der Waals surface area (Å²) in [7, 11) is 1.84. The van der Waals surface area contributed by atoms with Crippen LogP contribution in [0.15, 0.2) is 0 Å². The monoisotopic (exact) mass is 211 g/mol. The molecule has 2 aliphatic rings. The summed E-state index contributed by atoms with van der Waals surface area (Å²) in [5, 5.41) is 3.83. The standard InChI is InChI=1S/C13H25NO/c1-10-4-3-5-11(8-10)14-12-6-7-13(9-12)15-2/h10-14H,3-9H2,1-2H3. The molecule has 15 heavy (non-hydrogen) atoms. The molecule has 0 aromatic heterocycles. The molecule has 2 rings (SSSR count). The van der Waals surface area contributed by atoms with Gasteiger partial charge in [-0.3, -0.25) is 0 Å². The minimum atomic E-state index is 0.517. The van der Waals surface area contributed by atoms with E-state index in [1.54, 1.807) is 0 Å². The lowest BCUT2D eigenvalue weighted by molar-refractivity contribution is 0.106. The van der Waals surface area contributed by atoms with Crippen LogP contribution in [0.25, 0.3) is 0 Å². The molecule has 4 atom stereocenters. The van der Waals surface area contributed by atoms with Crippen molar-refractivity contribution in [3.8, 4) is 0 Å². The molecule has 0 aliphatic heterocycles. The highest BCUT2D eigenvalue weighted by Crippen LogP contribution is 2.27. The van der Waals surface area contributed by atoms with Crippen molar-refractivity contribution in [1.82, 2.24) is 5.32 Å². The Morgan fingerprint density at radius 2 is 1.80 bits per heavy atom. The number of rotatable bonds is 3. The highest BCUT2D eigenvalue weighted by Gasteiger charge is 2.27. The van der Waals surface area contributed by atoms with Crippen molar-refractivity contribution in [2.24, 2.45) is 5.92 Å². The van der Waals surface area contributed by atoms with Crippen LogP contribution in [0.2, 0.25) is 0 Å². The third kappa shape index (κ3) is 3.18. The molecule has 1 N–H and O–H groups in total. The Bertz CT molecular complexity index is 195. The minimum Gasteiger partial charge on any atom is -0.381 e. The molecule has 0 radical (unpaired) electrons. The molecule has 0 bridgehead atoms. The van der Waals surface area contributed by atoms with Crippen molar-refractivity contribution in [2.45, 2.75) is 70.1 Å². The van der Waals surface area contributed by atoms with Gasteiger partial charge >= 0.3 is 0 Å². The predicted molar refractivity (Wildman–Crippen MR) is 63.0 cm³/mol. The second-order valence-electron chi connectivity index (χ2n) is 5.50. The first-order chi connectivity index (χ1) is 7.28. The van der Waals surface area contributed by atoms with E-state index in [0.717, 1.165) is 18.0 Å². The van der Waals surface area contributed by atoms with E-state index in [0.29, 0.717) is 6.10 Å². The van der Waals surface area contributed by atoms with Crippen LogP contribution in [-0.4, -0.2) is 25.3 Å². The fourth-order valence-electron chi connectivity index (χ4n) is 3.22. The van der Waals surface area contributed by atoms with Gasteiger partial charge in [-0.15, -0.1) is 0 Å². The highest BCUT2D eigenvalue weighted by atomic mass is 16.5. The van der Waals surface area contributed by atoms with Gasteiger partial charge in [-0.25, -0.2) is 0 Å². The maximum Gasteiger partial charge on any atom is 0.0586 e. The first-order valence-corrected chi connectivity index (χ1v) is 6.56. The molecule has 0 aromatic carbocycles. The van der Waals surface area contributed by atoms with Gasteiger partial charge in [0.15, 0.2) is 0 Å². The van der Waals surface area contributed by atoms with E-state index in [1.807, 2.05) is 7.11 Å². The zero-order valence-corrected chi connectivity index (χ0v) is 10.2. The summed E-state index contributed by atoms with van der Waals surface area (Å²) in [6.45, 7) is 2.39. The molecule has 0 heterocycles. The fraction of sp³-hybridized carbons (Fsp3) is 1.00. The summed E-state index contributed by atoms with van der Waals surface area (Å²) in [6.07, 6.45) is 9.92. The van der Waals surface area contributed by atoms with Crippen LogP contribution in [-0.2, 0) is 4.74 Å². The number of hydrogen-bond acceptors (Lipinski definition) is 2. The zero-order chi connectivity index (χ0) is 10.7. The van der Waals surface area contributed by atoms with Crippen molar-refractivity contribution in [3.05, 3.63) is 0 Å². The maximum atomic E-state index is 5.41. The second-order valence-corrected chi connectivity index (χ2v) is 5.50. The van der Waals surface area contributed by atoms with Crippen LogP contribution in [0, 0.1) is 5.92 Å². The summed E-state index contributed by atoms with van der Waals surface area (Å²) in [5.41, 5.74) is 0. The Morgan fingerprint density at radius 3 is 2.47 bits per heavy atom. The Kier molecular flexibility index (Phi) is 4.04. The van der Waals surface area contributed by atoms with Crippen LogP contribution in [0.5, 0.6) is 0 Å². The Hall–Kier alpha value is -0.0800. The zero-order valence-electron chi connectivity index (χ0n) is 10.2. The normalized spacial score (nSPS) is 42.0. The minimum absolute atomic E-state index is 0.517. The average Bonchev–Trinajstić information content (AvgIpc) is 2.65. The van der Waals surface area contributed by atoms with E-state index >= 15 is 0 Å². The van der Waals surface area contributed by atoms with Crippen LogP contribution < -0.4 is 5.32 Å². The van der Waals surface area contributed by atoms with Crippen LogP contribution >= 0.6 is 0 Å². The van der Waals surface area contributed by atoms with E-state index in [1.165, 1.54) is 44.9 Å². The lowest BCUT2D eigenvalue weighted by atomic mass is 9.86. The van der Waals surface area contributed by atoms with Crippen molar-refractivity contribution in [3.63, 3.8) is 0 Å². The Morgan fingerprint density at radius 1 is 1.00 bits per heavy atom. The fourth-order valence-corrected chi connectivity index (χ4v) is 3.22. The molecule has 2 saturated carbocycles. The maximum absolute atomic E-state index is 5.41. The van der Waals surface area contributed by atoms with Gasteiger partial charge < -0.3 is 10.1 Å². The number of nitrogens with one attached hydrogen (secondary N) is 1. The van der Waals surface area contributed by atoms with Gasteiger partial charge in [0.1, 0.15) is 0 Å². The quantitative estimate of drug-likeness (QED) is 0.775. The smallest absolute Gasteiger partial charge is 0.0586 e. The molecular weight excluding hydrogens is 186 g/mol. The van der Waals surface area contributed by atoms with Gasteiger partial charge in [-0.1, -0.05) is 19.8 Å². The number of methoxy groups -OCH3 is 1. The Balaban J connectivity index is 1.72. The molecule has 0 aromatic rings. The third-order valence-corrected chi connectivity index (χ3v) is 4.13. The molecule has 2 aliphatic carbocycles. The lowest BCUT2D eigenvalue weighted by Gasteiger charge is -2.30. The van der Waals surface area contributed by atoms with Crippen molar-refractivity contribution < 1.29 is 4.74 Å². The van der Waals surface area contributed by atoms with Crippen molar-refractivity contribution in [2.75, 3.05) is 7.11 Å². The molecule has 2 heteroatoms. The van der Waals surface area contributed by atoms with E-state index in [9.17, 15) is 0 Å². The molecule has 2 nitrogen and oxygen atoms in total. The predicted octanol–water partition coefficient (Wildman–Crippen LogP) is 2.72. The molecule has 88 valence electrons. The first-order valence-electron chi connectivity index (χ1n) is 6.56. The topological polar surface area (TPSA) is 21.3 Å². The largest absolute Gasteiger partial charge is 0.381 e. The molecule has 0 amide bonds. The van der Waals surface area contributed by atoms with E-state index < -0.39 is 0 Å². The summed E-state index contributed by atoms with van der Waals surface area (Å²) in [5.74, 6) is 0.927. The second kappa shape index (κ2) is 5.31. The van der Waals surface area contributed by atoms with Crippen molar-refractivity contribution in [1.29, 1.82) is 0 Å². The molecule has 4 unspecified atom stereocenters. The van der Waals surface area contributed by atoms with Gasteiger partial charge in [0.05, 0.1) is 6.10 Å². The van der Waals surface area contributed by atoms with Crippen LogP contribution in [0.3, 0.4) is 0 Å². The summed E-state index contributed by atoms with van der Waals surface area (Å²) in [4.78, 5) is 0.